The number of carboxylic acids is 1. The molecule has 14 heavy (non-hydrogen) atoms. The van der Waals surface area contributed by atoms with Crippen LogP contribution in [-0.4, -0.2) is 11.1 Å². The van der Waals surface area contributed by atoms with Gasteiger partial charge < -0.3 is 5.11 Å². The standard InChI is InChI=1S/C12H18O2/c1-8(2)10-5-4-9(3)11(6-10)7-12(13)14/h10H,1,4-7H2,2-3H3,(H,13,14)/t10-/m1/s1. The fourth-order valence-corrected chi connectivity index (χ4v) is 1.97. The molecule has 1 atom stereocenters. The number of aliphatic carboxylic acids is 1. The average molecular weight is 194 g/mol. The van der Waals surface area contributed by atoms with Crippen molar-refractivity contribution in [3.8, 4) is 0 Å². The summed E-state index contributed by atoms with van der Waals surface area (Å²) in [6.07, 6.45) is 3.26. The molecule has 1 aliphatic carbocycles. The lowest BCUT2D eigenvalue weighted by molar-refractivity contribution is -0.136. The van der Waals surface area contributed by atoms with E-state index in [2.05, 4.69) is 6.58 Å². The van der Waals surface area contributed by atoms with Crippen molar-refractivity contribution < 1.29 is 9.90 Å². The number of hydrogen-bond acceptors (Lipinski definition) is 1. The topological polar surface area (TPSA) is 37.3 Å². The monoisotopic (exact) mass is 194 g/mol. The molecule has 0 fully saturated rings. The minimum absolute atomic E-state index is 0.204. The van der Waals surface area contributed by atoms with E-state index in [9.17, 15) is 4.79 Å². The molecule has 78 valence electrons. The van der Waals surface area contributed by atoms with E-state index in [1.807, 2.05) is 13.8 Å². The number of carboxylic acid groups (broad SMARTS) is 1. The van der Waals surface area contributed by atoms with Gasteiger partial charge in [-0.2, -0.15) is 0 Å². The van der Waals surface area contributed by atoms with E-state index < -0.39 is 5.97 Å². The molecule has 0 bridgehead atoms. The molecule has 0 aliphatic heterocycles. The summed E-state index contributed by atoms with van der Waals surface area (Å²) in [5, 5.41) is 8.75. The van der Waals surface area contributed by atoms with E-state index in [-0.39, 0.29) is 6.42 Å². The van der Waals surface area contributed by atoms with Crippen molar-refractivity contribution in [2.75, 3.05) is 0 Å². The van der Waals surface area contributed by atoms with Crippen LogP contribution in [0.2, 0.25) is 0 Å². The maximum atomic E-state index is 10.6. The van der Waals surface area contributed by atoms with Crippen LogP contribution in [0.4, 0.5) is 0 Å². The van der Waals surface area contributed by atoms with Crippen LogP contribution in [0, 0.1) is 5.92 Å². The first kappa shape index (κ1) is 11.0. The molecule has 0 saturated carbocycles. The Bertz CT molecular complexity index is 287. The number of hydrogen-bond donors (Lipinski definition) is 1. The molecule has 1 N–H and O–H groups in total. The molecule has 0 aromatic rings. The van der Waals surface area contributed by atoms with Gasteiger partial charge in [0.05, 0.1) is 6.42 Å². The highest BCUT2D eigenvalue weighted by Crippen LogP contribution is 2.34. The zero-order chi connectivity index (χ0) is 10.7. The third-order valence-electron chi connectivity index (χ3n) is 3.03. The maximum absolute atomic E-state index is 10.6. The molecular weight excluding hydrogens is 176 g/mol. The van der Waals surface area contributed by atoms with Gasteiger partial charge in [0.2, 0.25) is 0 Å². The molecule has 0 saturated heterocycles. The third-order valence-corrected chi connectivity index (χ3v) is 3.03. The van der Waals surface area contributed by atoms with E-state index >= 15 is 0 Å². The molecule has 0 aromatic heterocycles. The summed E-state index contributed by atoms with van der Waals surface area (Å²) in [5.41, 5.74) is 3.56. The van der Waals surface area contributed by atoms with Crippen molar-refractivity contribution in [1.29, 1.82) is 0 Å². The van der Waals surface area contributed by atoms with Gasteiger partial charge >= 0.3 is 5.97 Å². The van der Waals surface area contributed by atoms with Crippen molar-refractivity contribution in [3.05, 3.63) is 23.3 Å². The average Bonchev–Trinajstić information content (AvgIpc) is 2.07. The highest BCUT2D eigenvalue weighted by molar-refractivity contribution is 5.70. The lowest BCUT2D eigenvalue weighted by Gasteiger charge is -2.25. The second-order valence-corrected chi connectivity index (χ2v) is 4.24. The van der Waals surface area contributed by atoms with Gasteiger partial charge in [-0.1, -0.05) is 23.3 Å². The molecule has 0 radical (unpaired) electrons. The Kier molecular flexibility index (Phi) is 3.50. The molecule has 2 nitrogen and oxygen atoms in total. The van der Waals surface area contributed by atoms with E-state index in [0.29, 0.717) is 5.92 Å². The van der Waals surface area contributed by atoms with E-state index in [1.54, 1.807) is 0 Å². The second-order valence-electron chi connectivity index (χ2n) is 4.24. The van der Waals surface area contributed by atoms with Crippen molar-refractivity contribution in [3.63, 3.8) is 0 Å². The number of rotatable bonds is 3. The smallest absolute Gasteiger partial charge is 0.307 e. The van der Waals surface area contributed by atoms with Gasteiger partial charge in [-0.25, -0.2) is 0 Å². The van der Waals surface area contributed by atoms with E-state index in [4.69, 9.17) is 5.11 Å². The van der Waals surface area contributed by atoms with Crippen molar-refractivity contribution in [2.45, 2.75) is 39.5 Å². The van der Waals surface area contributed by atoms with Crippen LogP contribution < -0.4 is 0 Å². The first-order valence-corrected chi connectivity index (χ1v) is 5.05. The van der Waals surface area contributed by atoms with Gasteiger partial charge in [-0.05, 0) is 39.0 Å². The highest BCUT2D eigenvalue weighted by atomic mass is 16.4. The summed E-state index contributed by atoms with van der Waals surface area (Å²) in [6.45, 7) is 8.03. The van der Waals surface area contributed by atoms with Gasteiger partial charge in [0.25, 0.3) is 0 Å². The van der Waals surface area contributed by atoms with Gasteiger partial charge in [-0.15, -0.1) is 0 Å². The zero-order valence-electron chi connectivity index (χ0n) is 8.97. The van der Waals surface area contributed by atoms with Crippen LogP contribution in [-0.2, 0) is 4.79 Å². The first-order valence-electron chi connectivity index (χ1n) is 5.05. The Morgan fingerprint density at radius 3 is 2.79 bits per heavy atom. The summed E-state index contributed by atoms with van der Waals surface area (Å²) in [4.78, 5) is 10.6. The molecular formula is C12H18O2. The third kappa shape index (κ3) is 2.72. The van der Waals surface area contributed by atoms with Crippen molar-refractivity contribution in [1.82, 2.24) is 0 Å². The molecule has 0 amide bonds. The van der Waals surface area contributed by atoms with Crippen LogP contribution in [0.15, 0.2) is 23.3 Å². The zero-order valence-corrected chi connectivity index (χ0v) is 8.97. The summed E-state index contributed by atoms with van der Waals surface area (Å²) in [6, 6.07) is 0. The molecule has 0 aromatic carbocycles. The van der Waals surface area contributed by atoms with Crippen LogP contribution in [0.5, 0.6) is 0 Å². The van der Waals surface area contributed by atoms with Crippen LogP contribution in [0.25, 0.3) is 0 Å². The predicted molar refractivity (Wildman–Crippen MR) is 57.1 cm³/mol. The number of allylic oxidation sites excluding steroid dienone is 2. The Balaban J connectivity index is 2.71. The van der Waals surface area contributed by atoms with Gasteiger partial charge in [0, 0.05) is 0 Å². The quantitative estimate of drug-likeness (QED) is 0.701. The Morgan fingerprint density at radius 1 is 1.64 bits per heavy atom. The fraction of sp³-hybridized carbons (Fsp3) is 0.583. The van der Waals surface area contributed by atoms with Gasteiger partial charge in [0.1, 0.15) is 0 Å². The maximum Gasteiger partial charge on any atom is 0.307 e. The van der Waals surface area contributed by atoms with Crippen molar-refractivity contribution >= 4 is 5.97 Å². The molecule has 0 spiro atoms. The Morgan fingerprint density at radius 2 is 2.29 bits per heavy atom. The lowest BCUT2D eigenvalue weighted by Crippen LogP contribution is -2.12. The van der Waals surface area contributed by atoms with Gasteiger partial charge in [0.15, 0.2) is 0 Å². The minimum atomic E-state index is -0.721. The predicted octanol–water partition coefficient (Wildman–Crippen LogP) is 3.15. The fourth-order valence-electron chi connectivity index (χ4n) is 1.97. The molecule has 1 aliphatic rings. The summed E-state index contributed by atoms with van der Waals surface area (Å²) in [7, 11) is 0. The molecule has 0 heterocycles. The van der Waals surface area contributed by atoms with E-state index in [1.165, 1.54) is 11.1 Å². The molecule has 1 rings (SSSR count). The van der Waals surface area contributed by atoms with E-state index in [0.717, 1.165) is 24.8 Å². The van der Waals surface area contributed by atoms with Crippen LogP contribution in [0.1, 0.15) is 39.5 Å². The SMILES string of the molecule is C=C(C)[C@@H]1CCC(C)=C(CC(=O)O)C1. The van der Waals surface area contributed by atoms with Crippen molar-refractivity contribution in [2.24, 2.45) is 5.92 Å². The van der Waals surface area contributed by atoms with Crippen LogP contribution >= 0.6 is 0 Å². The lowest BCUT2D eigenvalue weighted by atomic mass is 9.80. The summed E-state index contributed by atoms with van der Waals surface area (Å²) in [5.74, 6) is -0.227. The number of carbonyl (C=O) groups is 1. The second kappa shape index (κ2) is 4.45. The highest BCUT2D eigenvalue weighted by Gasteiger charge is 2.20. The summed E-state index contributed by atoms with van der Waals surface area (Å²) < 4.78 is 0. The molecule has 0 unspecified atom stereocenters. The normalized spacial score (nSPS) is 22.3. The van der Waals surface area contributed by atoms with Gasteiger partial charge in [-0.3, -0.25) is 4.79 Å². The largest absolute Gasteiger partial charge is 0.481 e. The summed E-state index contributed by atoms with van der Waals surface area (Å²) >= 11 is 0. The Labute approximate surface area is 85.3 Å². The Hall–Kier alpha value is -1.05. The first-order chi connectivity index (χ1) is 6.50. The minimum Gasteiger partial charge on any atom is -0.481 e. The van der Waals surface area contributed by atoms with Crippen LogP contribution in [0.3, 0.4) is 0 Å². The molecule has 2 heteroatoms.